The van der Waals surface area contributed by atoms with Crippen LogP contribution in [0.25, 0.3) is 6.08 Å². The van der Waals surface area contributed by atoms with Gasteiger partial charge in [-0.3, -0.25) is 4.79 Å². The molecule has 0 spiro atoms. The SMILES string of the molecule is Cc1nc(C=CC(=O)Nc2ccnn2CC2CCOC2)cs1. The van der Waals surface area contributed by atoms with Crippen LogP contribution in [0.1, 0.15) is 17.1 Å². The van der Waals surface area contributed by atoms with Crippen molar-refractivity contribution < 1.29 is 9.53 Å². The van der Waals surface area contributed by atoms with E-state index in [1.807, 2.05) is 17.0 Å². The van der Waals surface area contributed by atoms with E-state index >= 15 is 0 Å². The van der Waals surface area contributed by atoms with Gasteiger partial charge in [-0.15, -0.1) is 11.3 Å². The Morgan fingerprint density at radius 3 is 3.27 bits per heavy atom. The second-order valence-electron chi connectivity index (χ2n) is 5.24. The zero-order chi connectivity index (χ0) is 15.4. The Morgan fingerprint density at radius 2 is 2.55 bits per heavy atom. The molecule has 22 heavy (non-hydrogen) atoms. The predicted molar refractivity (Wildman–Crippen MR) is 85.7 cm³/mol. The standard InChI is InChI=1S/C15H18N4O2S/c1-11-17-13(10-22-11)2-3-15(20)18-14-4-6-16-19(14)8-12-5-7-21-9-12/h2-4,6,10,12H,5,7-9H2,1H3,(H,18,20). The second kappa shape index (κ2) is 6.85. The van der Waals surface area contributed by atoms with Gasteiger partial charge in [-0.05, 0) is 19.4 Å². The molecule has 116 valence electrons. The molecule has 1 aliphatic rings. The van der Waals surface area contributed by atoms with Crippen molar-refractivity contribution in [1.82, 2.24) is 14.8 Å². The Labute approximate surface area is 132 Å². The Balaban J connectivity index is 1.59. The molecule has 3 heterocycles. The number of aryl methyl sites for hydroxylation is 1. The highest BCUT2D eigenvalue weighted by Crippen LogP contribution is 2.17. The Hall–Kier alpha value is -1.99. The molecule has 0 radical (unpaired) electrons. The van der Waals surface area contributed by atoms with Crippen LogP contribution >= 0.6 is 11.3 Å². The number of hydrogen-bond acceptors (Lipinski definition) is 5. The molecule has 0 aromatic carbocycles. The number of anilines is 1. The van der Waals surface area contributed by atoms with Crippen molar-refractivity contribution in [3.05, 3.63) is 34.4 Å². The number of carbonyl (C=O) groups excluding carboxylic acids is 1. The fraction of sp³-hybridized carbons (Fsp3) is 0.400. The van der Waals surface area contributed by atoms with Gasteiger partial charge in [0.15, 0.2) is 0 Å². The molecule has 0 saturated carbocycles. The number of hydrogen-bond donors (Lipinski definition) is 1. The molecule has 1 atom stereocenters. The first-order valence-corrected chi connectivity index (χ1v) is 8.09. The third-order valence-corrected chi connectivity index (χ3v) is 4.26. The topological polar surface area (TPSA) is 69.0 Å². The molecule has 1 unspecified atom stereocenters. The normalized spacial score (nSPS) is 18.1. The van der Waals surface area contributed by atoms with Crippen molar-refractivity contribution >= 4 is 29.1 Å². The predicted octanol–water partition coefficient (Wildman–Crippen LogP) is 2.34. The highest BCUT2D eigenvalue weighted by atomic mass is 32.1. The summed E-state index contributed by atoms with van der Waals surface area (Å²) in [6.07, 6.45) is 5.93. The summed E-state index contributed by atoms with van der Waals surface area (Å²) in [7, 11) is 0. The van der Waals surface area contributed by atoms with Gasteiger partial charge in [0.1, 0.15) is 5.82 Å². The van der Waals surface area contributed by atoms with E-state index in [0.717, 1.165) is 36.9 Å². The fourth-order valence-corrected chi connectivity index (χ4v) is 2.92. The van der Waals surface area contributed by atoms with E-state index in [-0.39, 0.29) is 5.91 Å². The minimum absolute atomic E-state index is 0.185. The van der Waals surface area contributed by atoms with Gasteiger partial charge < -0.3 is 10.1 Å². The molecule has 3 rings (SSSR count). The summed E-state index contributed by atoms with van der Waals surface area (Å²) in [5, 5.41) is 10.0. The summed E-state index contributed by atoms with van der Waals surface area (Å²) >= 11 is 1.56. The van der Waals surface area contributed by atoms with Gasteiger partial charge in [-0.2, -0.15) is 5.10 Å². The van der Waals surface area contributed by atoms with E-state index in [0.29, 0.717) is 11.7 Å². The van der Waals surface area contributed by atoms with Crippen LogP contribution in [0.5, 0.6) is 0 Å². The lowest BCUT2D eigenvalue weighted by atomic mass is 10.1. The lowest BCUT2D eigenvalue weighted by molar-refractivity contribution is -0.111. The maximum atomic E-state index is 12.0. The molecule has 1 fully saturated rings. The highest BCUT2D eigenvalue weighted by Gasteiger charge is 2.18. The van der Waals surface area contributed by atoms with Crippen LogP contribution in [0.15, 0.2) is 23.7 Å². The molecule has 2 aromatic rings. The monoisotopic (exact) mass is 318 g/mol. The Kier molecular flexibility index (Phi) is 4.65. The van der Waals surface area contributed by atoms with E-state index in [2.05, 4.69) is 15.4 Å². The first-order valence-electron chi connectivity index (χ1n) is 7.21. The van der Waals surface area contributed by atoms with Crippen molar-refractivity contribution in [2.45, 2.75) is 19.9 Å². The van der Waals surface area contributed by atoms with Crippen LogP contribution in [0, 0.1) is 12.8 Å². The van der Waals surface area contributed by atoms with Crippen molar-refractivity contribution in [2.24, 2.45) is 5.92 Å². The Morgan fingerprint density at radius 1 is 1.64 bits per heavy atom. The summed E-state index contributed by atoms with van der Waals surface area (Å²) in [6.45, 7) is 4.27. The van der Waals surface area contributed by atoms with E-state index < -0.39 is 0 Å². The molecule has 1 aliphatic heterocycles. The van der Waals surface area contributed by atoms with E-state index in [1.54, 1.807) is 29.7 Å². The van der Waals surface area contributed by atoms with Crippen molar-refractivity contribution in [3.8, 4) is 0 Å². The number of carbonyl (C=O) groups is 1. The van der Waals surface area contributed by atoms with Gasteiger partial charge >= 0.3 is 0 Å². The van der Waals surface area contributed by atoms with Crippen LogP contribution in [0.4, 0.5) is 5.82 Å². The maximum Gasteiger partial charge on any atom is 0.249 e. The molecule has 0 aliphatic carbocycles. The van der Waals surface area contributed by atoms with Crippen LogP contribution in [0.3, 0.4) is 0 Å². The van der Waals surface area contributed by atoms with E-state index in [9.17, 15) is 4.79 Å². The third-order valence-electron chi connectivity index (χ3n) is 3.47. The van der Waals surface area contributed by atoms with Gasteiger partial charge in [0.05, 0.1) is 23.5 Å². The van der Waals surface area contributed by atoms with Gasteiger partial charge in [0.2, 0.25) is 5.91 Å². The number of nitrogens with zero attached hydrogens (tertiary/aromatic N) is 3. The van der Waals surface area contributed by atoms with Crippen molar-refractivity contribution in [3.63, 3.8) is 0 Å². The van der Waals surface area contributed by atoms with Crippen LogP contribution < -0.4 is 5.32 Å². The first kappa shape index (κ1) is 14.9. The largest absolute Gasteiger partial charge is 0.381 e. The maximum absolute atomic E-state index is 12.0. The quantitative estimate of drug-likeness (QED) is 0.859. The molecular formula is C15H18N4O2S. The average Bonchev–Trinajstić information content (AvgIpc) is 3.22. The molecule has 1 amide bonds. The van der Waals surface area contributed by atoms with Crippen LogP contribution in [-0.2, 0) is 16.1 Å². The van der Waals surface area contributed by atoms with E-state index in [4.69, 9.17) is 4.74 Å². The highest BCUT2D eigenvalue weighted by molar-refractivity contribution is 7.09. The number of nitrogens with one attached hydrogen (secondary N) is 1. The van der Waals surface area contributed by atoms with Crippen molar-refractivity contribution in [1.29, 1.82) is 0 Å². The number of amides is 1. The zero-order valence-corrected chi connectivity index (χ0v) is 13.2. The average molecular weight is 318 g/mol. The number of ether oxygens (including phenoxy) is 1. The minimum Gasteiger partial charge on any atom is -0.381 e. The number of thiazole rings is 1. The van der Waals surface area contributed by atoms with Gasteiger partial charge in [0.25, 0.3) is 0 Å². The molecular weight excluding hydrogens is 300 g/mol. The summed E-state index contributed by atoms with van der Waals surface area (Å²) in [4.78, 5) is 16.3. The summed E-state index contributed by atoms with van der Waals surface area (Å²) < 4.78 is 7.19. The third kappa shape index (κ3) is 3.80. The van der Waals surface area contributed by atoms with E-state index in [1.165, 1.54) is 6.08 Å². The van der Waals surface area contributed by atoms with Crippen molar-refractivity contribution in [2.75, 3.05) is 18.5 Å². The van der Waals surface area contributed by atoms with Gasteiger partial charge in [-0.1, -0.05) is 0 Å². The summed E-state index contributed by atoms with van der Waals surface area (Å²) in [6, 6.07) is 1.80. The Bertz CT molecular complexity index is 671. The van der Waals surface area contributed by atoms with Crippen LogP contribution in [-0.4, -0.2) is 33.9 Å². The summed E-state index contributed by atoms with van der Waals surface area (Å²) in [5.41, 5.74) is 0.800. The zero-order valence-electron chi connectivity index (χ0n) is 12.4. The molecule has 1 N–H and O–H groups in total. The molecule has 6 nitrogen and oxygen atoms in total. The molecule has 0 bridgehead atoms. The van der Waals surface area contributed by atoms with Gasteiger partial charge in [-0.25, -0.2) is 9.67 Å². The van der Waals surface area contributed by atoms with Gasteiger partial charge in [0, 0.05) is 36.6 Å². The smallest absolute Gasteiger partial charge is 0.249 e. The summed E-state index contributed by atoms with van der Waals surface area (Å²) in [5.74, 6) is 0.982. The number of rotatable bonds is 5. The molecule has 1 saturated heterocycles. The lowest BCUT2D eigenvalue weighted by Crippen LogP contribution is -2.17. The fourth-order valence-electron chi connectivity index (χ4n) is 2.34. The number of aromatic nitrogens is 3. The minimum atomic E-state index is -0.185. The molecule has 2 aromatic heterocycles. The first-order chi connectivity index (χ1) is 10.7. The second-order valence-corrected chi connectivity index (χ2v) is 6.30. The lowest BCUT2D eigenvalue weighted by Gasteiger charge is -2.11. The van der Waals surface area contributed by atoms with Crippen LogP contribution in [0.2, 0.25) is 0 Å². The molecule has 7 heteroatoms.